The zero-order valence-corrected chi connectivity index (χ0v) is 16.1. The predicted octanol–water partition coefficient (Wildman–Crippen LogP) is 3.29. The fourth-order valence-corrected chi connectivity index (χ4v) is 3.54. The first-order valence-corrected chi connectivity index (χ1v) is 9.78. The van der Waals surface area contributed by atoms with Crippen molar-refractivity contribution < 1.29 is 14.0 Å². The van der Waals surface area contributed by atoms with E-state index in [2.05, 4.69) is 40.7 Å². The van der Waals surface area contributed by atoms with Gasteiger partial charge in [0.05, 0.1) is 0 Å². The van der Waals surface area contributed by atoms with Crippen LogP contribution in [0, 0.1) is 5.82 Å². The average Bonchev–Trinajstić information content (AvgIpc) is 2.68. The second-order valence-corrected chi connectivity index (χ2v) is 7.02. The minimum absolute atomic E-state index is 0.256. The molecule has 0 unspecified atom stereocenters. The number of rotatable bonds is 6. The van der Waals surface area contributed by atoms with Crippen LogP contribution >= 0.6 is 0 Å². The van der Waals surface area contributed by atoms with Crippen molar-refractivity contribution in [1.82, 2.24) is 5.32 Å². The van der Waals surface area contributed by atoms with Gasteiger partial charge in [-0.15, -0.1) is 0 Å². The Morgan fingerprint density at radius 3 is 2.79 bits per heavy atom. The number of halogens is 1. The minimum Gasteiger partial charge on any atom is -0.371 e. The number of anilines is 2. The van der Waals surface area contributed by atoms with Crippen LogP contribution in [-0.4, -0.2) is 31.4 Å². The van der Waals surface area contributed by atoms with E-state index in [0.717, 1.165) is 37.9 Å². The molecule has 0 radical (unpaired) electrons. The molecule has 6 heteroatoms. The highest BCUT2D eigenvalue weighted by atomic mass is 19.1. The molecule has 0 saturated heterocycles. The summed E-state index contributed by atoms with van der Waals surface area (Å²) in [6.07, 6.45) is 4.02. The van der Waals surface area contributed by atoms with Crippen LogP contribution in [-0.2, 0) is 22.4 Å². The van der Waals surface area contributed by atoms with Crippen LogP contribution in [0.25, 0.3) is 0 Å². The van der Waals surface area contributed by atoms with Crippen molar-refractivity contribution in [3.05, 3.63) is 59.4 Å². The number of hydrogen-bond donors (Lipinski definition) is 2. The Hall–Kier alpha value is -2.89. The minimum atomic E-state index is -0.800. The number of hydrogen-bond acceptors (Lipinski definition) is 3. The summed E-state index contributed by atoms with van der Waals surface area (Å²) in [5.74, 6) is -1.99. The third kappa shape index (κ3) is 5.09. The molecule has 1 aliphatic rings. The van der Waals surface area contributed by atoms with Gasteiger partial charge in [-0.05, 0) is 61.1 Å². The summed E-state index contributed by atoms with van der Waals surface area (Å²) in [6, 6.07) is 11.9. The highest BCUT2D eigenvalue weighted by Gasteiger charge is 2.17. The standard InChI is InChI=1S/C22H26FN3O2/c1-2-12-26-13-4-5-17-14-16(8-9-20(17)26)10-11-24-21(27)22(28)25-19-7-3-6-18(23)15-19/h3,6-9,14-15H,2,4-5,10-13H2,1H3,(H,24,27)(H,25,28). The summed E-state index contributed by atoms with van der Waals surface area (Å²) in [7, 11) is 0. The Bertz CT molecular complexity index is 853. The van der Waals surface area contributed by atoms with E-state index in [1.165, 1.54) is 35.5 Å². The zero-order valence-electron chi connectivity index (χ0n) is 16.1. The Labute approximate surface area is 164 Å². The van der Waals surface area contributed by atoms with Gasteiger partial charge in [0.15, 0.2) is 0 Å². The van der Waals surface area contributed by atoms with Gasteiger partial charge in [-0.1, -0.05) is 25.1 Å². The molecule has 2 amide bonds. The lowest BCUT2D eigenvalue weighted by Gasteiger charge is -2.31. The summed E-state index contributed by atoms with van der Waals surface area (Å²) in [4.78, 5) is 26.3. The van der Waals surface area contributed by atoms with Gasteiger partial charge in [-0.2, -0.15) is 0 Å². The first-order valence-electron chi connectivity index (χ1n) is 9.78. The number of nitrogens with one attached hydrogen (secondary N) is 2. The molecule has 2 aromatic rings. The highest BCUT2D eigenvalue weighted by molar-refractivity contribution is 6.39. The predicted molar refractivity (Wildman–Crippen MR) is 109 cm³/mol. The normalized spacial score (nSPS) is 13.0. The van der Waals surface area contributed by atoms with Gasteiger partial charge in [0.25, 0.3) is 0 Å². The lowest BCUT2D eigenvalue weighted by molar-refractivity contribution is -0.136. The molecule has 1 aliphatic heterocycles. The summed E-state index contributed by atoms with van der Waals surface area (Å²) >= 11 is 0. The van der Waals surface area contributed by atoms with Gasteiger partial charge in [0.1, 0.15) is 5.82 Å². The van der Waals surface area contributed by atoms with Crippen LogP contribution in [0.2, 0.25) is 0 Å². The van der Waals surface area contributed by atoms with Crippen molar-refractivity contribution >= 4 is 23.2 Å². The molecule has 0 aromatic heterocycles. The molecule has 1 heterocycles. The monoisotopic (exact) mass is 383 g/mol. The van der Waals surface area contributed by atoms with Gasteiger partial charge in [-0.25, -0.2) is 4.39 Å². The number of nitrogens with zero attached hydrogens (tertiary/aromatic N) is 1. The topological polar surface area (TPSA) is 61.4 Å². The van der Waals surface area contributed by atoms with E-state index in [0.29, 0.717) is 13.0 Å². The molecule has 2 aromatic carbocycles. The maximum atomic E-state index is 13.1. The number of carbonyl (C=O) groups excluding carboxylic acids is 2. The lowest BCUT2D eigenvalue weighted by Crippen LogP contribution is -2.36. The number of carbonyl (C=O) groups is 2. The van der Waals surface area contributed by atoms with Gasteiger partial charge < -0.3 is 15.5 Å². The van der Waals surface area contributed by atoms with Crippen molar-refractivity contribution in [1.29, 1.82) is 0 Å². The molecule has 2 N–H and O–H groups in total. The van der Waals surface area contributed by atoms with Crippen LogP contribution in [0.4, 0.5) is 15.8 Å². The van der Waals surface area contributed by atoms with E-state index < -0.39 is 17.6 Å². The summed E-state index contributed by atoms with van der Waals surface area (Å²) in [5.41, 5.74) is 4.07. The fourth-order valence-electron chi connectivity index (χ4n) is 3.54. The van der Waals surface area contributed by atoms with E-state index in [1.807, 2.05) is 0 Å². The van der Waals surface area contributed by atoms with Crippen LogP contribution in [0.5, 0.6) is 0 Å². The van der Waals surface area contributed by atoms with Crippen LogP contribution in [0.3, 0.4) is 0 Å². The average molecular weight is 383 g/mol. The second kappa shape index (κ2) is 9.35. The molecule has 0 spiro atoms. The van der Waals surface area contributed by atoms with Crippen molar-refractivity contribution in [3.63, 3.8) is 0 Å². The van der Waals surface area contributed by atoms with E-state index in [9.17, 15) is 14.0 Å². The number of benzene rings is 2. The Balaban J connectivity index is 1.50. The van der Waals surface area contributed by atoms with E-state index in [4.69, 9.17) is 0 Å². The molecule has 0 atom stereocenters. The lowest BCUT2D eigenvalue weighted by atomic mass is 9.98. The van der Waals surface area contributed by atoms with Crippen LogP contribution < -0.4 is 15.5 Å². The quantitative estimate of drug-likeness (QED) is 0.753. The van der Waals surface area contributed by atoms with E-state index >= 15 is 0 Å². The van der Waals surface area contributed by atoms with E-state index in [-0.39, 0.29) is 5.69 Å². The SMILES string of the molecule is CCCN1CCCc2cc(CCNC(=O)C(=O)Nc3cccc(F)c3)ccc21. The zero-order chi connectivity index (χ0) is 19.9. The Kier molecular flexibility index (Phi) is 6.63. The number of aryl methyl sites for hydroxylation is 1. The van der Waals surface area contributed by atoms with Gasteiger partial charge >= 0.3 is 11.8 Å². The van der Waals surface area contributed by atoms with Gasteiger partial charge in [0.2, 0.25) is 0 Å². The molecule has 148 valence electrons. The molecule has 5 nitrogen and oxygen atoms in total. The second-order valence-electron chi connectivity index (χ2n) is 7.02. The summed E-state index contributed by atoms with van der Waals surface area (Å²) in [5, 5.41) is 5.01. The molecular formula is C22H26FN3O2. The highest BCUT2D eigenvalue weighted by Crippen LogP contribution is 2.28. The van der Waals surface area contributed by atoms with E-state index in [1.54, 1.807) is 0 Å². The van der Waals surface area contributed by atoms with Crippen LogP contribution in [0.1, 0.15) is 30.9 Å². The third-order valence-corrected chi connectivity index (χ3v) is 4.84. The first-order chi connectivity index (χ1) is 13.6. The van der Waals surface area contributed by atoms with Crippen LogP contribution in [0.15, 0.2) is 42.5 Å². The Morgan fingerprint density at radius 2 is 2.00 bits per heavy atom. The molecule has 28 heavy (non-hydrogen) atoms. The molecule has 3 rings (SSSR count). The molecule has 0 bridgehead atoms. The van der Waals surface area contributed by atoms with Gasteiger partial charge in [-0.3, -0.25) is 9.59 Å². The van der Waals surface area contributed by atoms with Crippen molar-refractivity contribution in [2.24, 2.45) is 0 Å². The molecule has 0 aliphatic carbocycles. The molecule has 0 saturated carbocycles. The fraction of sp³-hybridized carbons (Fsp3) is 0.364. The number of amides is 2. The largest absolute Gasteiger partial charge is 0.371 e. The Morgan fingerprint density at radius 1 is 1.14 bits per heavy atom. The number of fused-ring (bicyclic) bond motifs is 1. The van der Waals surface area contributed by atoms with Gasteiger partial charge in [0, 0.05) is 31.0 Å². The smallest absolute Gasteiger partial charge is 0.313 e. The van der Waals surface area contributed by atoms with Crippen molar-refractivity contribution in [2.75, 3.05) is 29.9 Å². The summed E-state index contributed by atoms with van der Waals surface area (Å²) in [6.45, 7) is 4.74. The van der Waals surface area contributed by atoms with Crippen molar-refractivity contribution in [3.8, 4) is 0 Å². The first kappa shape index (κ1) is 19.9. The maximum absolute atomic E-state index is 13.1. The molecular weight excluding hydrogens is 357 g/mol. The van der Waals surface area contributed by atoms with Crippen molar-refractivity contribution in [2.45, 2.75) is 32.6 Å². The summed E-state index contributed by atoms with van der Waals surface area (Å²) < 4.78 is 13.1. The molecule has 0 fully saturated rings. The third-order valence-electron chi connectivity index (χ3n) is 4.84. The maximum Gasteiger partial charge on any atom is 0.313 e.